The molecule has 8 heteroatoms. The largest absolute Gasteiger partial charge is 0.324 e. The molecule has 100 valence electrons. The predicted octanol–water partition coefficient (Wildman–Crippen LogP) is 2.06. The summed E-state index contributed by atoms with van der Waals surface area (Å²) >= 11 is 3.41. The molecule has 2 N–H and O–H groups in total. The van der Waals surface area contributed by atoms with Gasteiger partial charge in [0.2, 0.25) is 0 Å². The Morgan fingerprint density at radius 3 is 2.56 bits per heavy atom. The summed E-state index contributed by atoms with van der Waals surface area (Å²) in [5.41, 5.74) is 6.67. The molecule has 5 nitrogen and oxygen atoms in total. The first kappa shape index (κ1) is 15.4. The van der Waals surface area contributed by atoms with Crippen LogP contribution < -0.4 is 5.73 Å². The van der Waals surface area contributed by atoms with Crippen molar-refractivity contribution < 1.29 is 0 Å². The first-order valence-electron chi connectivity index (χ1n) is 5.26. The zero-order valence-corrected chi connectivity index (χ0v) is 13.0. The Balaban J connectivity index is 0.00000162. The zero-order chi connectivity index (χ0) is 12.4. The van der Waals surface area contributed by atoms with Gasteiger partial charge in [-0.3, -0.25) is 0 Å². The number of nitrogens with zero attached hydrogens (tertiary/aromatic N) is 4. The maximum absolute atomic E-state index is 5.56. The Bertz CT molecular complexity index is 522. The van der Waals surface area contributed by atoms with Crippen LogP contribution in [0.3, 0.4) is 0 Å². The molecular formula is C10H16ClN5S2. The second-order valence-corrected chi connectivity index (χ2v) is 5.92. The van der Waals surface area contributed by atoms with Crippen molar-refractivity contribution in [3.63, 3.8) is 0 Å². The van der Waals surface area contributed by atoms with E-state index in [1.165, 1.54) is 4.88 Å². The molecule has 2 aromatic heterocycles. The van der Waals surface area contributed by atoms with Gasteiger partial charge in [0.25, 0.3) is 0 Å². The zero-order valence-electron chi connectivity index (χ0n) is 10.5. The molecule has 0 aliphatic heterocycles. The van der Waals surface area contributed by atoms with E-state index in [9.17, 15) is 0 Å². The summed E-state index contributed by atoms with van der Waals surface area (Å²) in [5, 5.41) is 10.2. The highest BCUT2D eigenvalue weighted by Gasteiger charge is 2.10. The molecule has 2 aromatic rings. The minimum atomic E-state index is 0. The Labute approximate surface area is 121 Å². The number of nitrogens with two attached hydrogens (primary N) is 1. The molecule has 0 aliphatic carbocycles. The van der Waals surface area contributed by atoms with Crippen molar-refractivity contribution in [3.05, 3.63) is 21.4 Å². The van der Waals surface area contributed by atoms with Gasteiger partial charge in [-0.05, 0) is 13.8 Å². The third kappa shape index (κ3) is 3.23. The van der Waals surface area contributed by atoms with E-state index in [4.69, 9.17) is 5.73 Å². The smallest absolute Gasteiger partial charge is 0.191 e. The minimum absolute atomic E-state index is 0. The highest BCUT2D eigenvalue weighted by atomic mass is 35.5. The van der Waals surface area contributed by atoms with E-state index in [2.05, 4.69) is 15.2 Å². The van der Waals surface area contributed by atoms with Crippen LogP contribution >= 0.6 is 35.5 Å². The average Bonchev–Trinajstić information content (AvgIpc) is 2.79. The molecular weight excluding hydrogens is 290 g/mol. The number of halogens is 1. The first-order chi connectivity index (χ1) is 8.11. The topological polar surface area (TPSA) is 69.6 Å². The van der Waals surface area contributed by atoms with Crippen molar-refractivity contribution in [3.8, 4) is 0 Å². The summed E-state index contributed by atoms with van der Waals surface area (Å²) < 4.78 is 1.94. The molecule has 0 spiro atoms. The standard InChI is InChI=1S/C10H15N5S2.ClH/c1-6-8(17-7(2)12-6)5-16-10-14-13-9(4-11)15(10)3;/h4-5,11H2,1-3H3;1H. The van der Waals surface area contributed by atoms with Gasteiger partial charge >= 0.3 is 0 Å². The number of thioether (sulfide) groups is 1. The SMILES string of the molecule is Cc1nc(C)c(CSc2nnc(CN)n2C)s1.Cl. The van der Waals surface area contributed by atoms with Crippen LogP contribution in [-0.4, -0.2) is 19.7 Å². The van der Waals surface area contributed by atoms with Crippen LogP contribution in [-0.2, 0) is 19.3 Å². The summed E-state index contributed by atoms with van der Waals surface area (Å²) in [5.74, 6) is 1.69. The number of hydrogen-bond donors (Lipinski definition) is 1. The normalized spacial score (nSPS) is 10.4. The third-order valence-corrected chi connectivity index (χ3v) is 4.74. The Morgan fingerprint density at radius 2 is 2.06 bits per heavy atom. The van der Waals surface area contributed by atoms with E-state index in [0.717, 1.165) is 27.4 Å². The van der Waals surface area contributed by atoms with Crippen LogP contribution in [0.2, 0.25) is 0 Å². The van der Waals surface area contributed by atoms with Crippen LogP contribution in [0.5, 0.6) is 0 Å². The van der Waals surface area contributed by atoms with E-state index in [1.54, 1.807) is 23.1 Å². The van der Waals surface area contributed by atoms with Gasteiger partial charge in [-0.2, -0.15) is 0 Å². The van der Waals surface area contributed by atoms with Gasteiger partial charge in [0, 0.05) is 17.7 Å². The molecule has 0 fully saturated rings. The van der Waals surface area contributed by atoms with Crippen molar-refractivity contribution in [2.75, 3.05) is 0 Å². The number of hydrogen-bond acceptors (Lipinski definition) is 6. The Kier molecular flexibility index (Phi) is 5.58. The molecule has 0 bridgehead atoms. The van der Waals surface area contributed by atoms with Gasteiger partial charge in [0.05, 0.1) is 17.2 Å². The lowest BCUT2D eigenvalue weighted by atomic mass is 10.4. The summed E-state index contributed by atoms with van der Waals surface area (Å²) in [7, 11) is 1.94. The molecule has 0 saturated heterocycles. The number of aryl methyl sites for hydroxylation is 2. The second kappa shape index (κ2) is 6.51. The minimum Gasteiger partial charge on any atom is -0.324 e. The number of aromatic nitrogens is 4. The fourth-order valence-electron chi connectivity index (χ4n) is 1.49. The fourth-order valence-corrected chi connectivity index (χ4v) is 3.50. The van der Waals surface area contributed by atoms with Gasteiger partial charge in [0.1, 0.15) is 5.82 Å². The van der Waals surface area contributed by atoms with Crippen LogP contribution in [0.15, 0.2) is 5.16 Å². The quantitative estimate of drug-likeness (QED) is 0.876. The monoisotopic (exact) mass is 305 g/mol. The number of rotatable bonds is 4. The maximum Gasteiger partial charge on any atom is 0.191 e. The van der Waals surface area contributed by atoms with E-state index in [0.29, 0.717) is 6.54 Å². The summed E-state index contributed by atoms with van der Waals surface area (Å²) in [6, 6.07) is 0. The number of thiazole rings is 1. The first-order valence-corrected chi connectivity index (χ1v) is 7.06. The van der Waals surface area contributed by atoms with Crippen molar-refractivity contribution in [1.29, 1.82) is 0 Å². The molecule has 0 radical (unpaired) electrons. The van der Waals surface area contributed by atoms with Crippen molar-refractivity contribution in [2.45, 2.75) is 31.3 Å². The van der Waals surface area contributed by atoms with Gasteiger partial charge < -0.3 is 10.3 Å². The van der Waals surface area contributed by atoms with E-state index in [-0.39, 0.29) is 12.4 Å². The van der Waals surface area contributed by atoms with Crippen LogP contribution in [0.4, 0.5) is 0 Å². The van der Waals surface area contributed by atoms with E-state index in [1.807, 2.05) is 25.5 Å². The van der Waals surface area contributed by atoms with E-state index < -0.39 is 0 Å². The van der Waals surface area contributed by atoms with Crippen molar-refractivity contribution in [2.24, 2.45) is 12.8 Å². The van der Waals surface area contributed by atoms with Gasteiger partial charge in [-0.1, -0.05) is 11.8 Å². The fraction of sp³-hybridized carbons (Fsp3) is 0.500. The van der Waals surface area contributed by atoms with Crippen LogP contribution in [0.25, 0.3) is 0 Å². The molecule has 0 unspecified atom stereocenters. The van der Waals surface area contributed by atoms with Crippen molar-refractivity contribution >= 4 is 35.5 Å². The van der Waals surface area contributed by atoms with Crippen LogP contribution in [0, 0.1) is 13.8 Å². The molecule has 0 amide bonds. The molecule has 18 heavy (non-hydrogen) atoms. The summed E-state index contributed by atoms with van der Waals surface area (Å²) in [6.07, 6.45) is 0. The molecule has 0 aliphatic rings. The van der Waals surface area contributed by atoms with Gasteiger partial charge in [-0.25, -0.2) is 4.98 Å². The molecule has 0 atom stereocenters. The van der Waals surface area contributed by atoms with Gasteiger partial charge in [-0.15, -0.1) is 33.9 Å². The van der Waals surface area contributed by atoms with Crippen molar-refractivity contribution in [1.82, 2.24) is 19.7 Å². The molecule has 2 heterocycles. The Morgan fingerprint density at radius 1 is 1.33 bits per heavy atom. The van der Waals surface area contributed by atoms with Crippen LogP contribution in [0.1, 0.15) is 21.4 Å². The highest BCUT2D eigenvalue weighted by Crippen LogP contribution is 2.26. The summed E-state index contributed by atoms with van der Waals surface area (Å²) in [6.45, 7) is 4.49. The lowest BCUT2D eigenvalue weighted by Crippen LogP contribution is -2.05. The van der Waals surface area contributed by atoms with Gasteiger partial charge in [0.15, 0.2) is 5.16 Å². The predicted molar refractivity (Wildman–Crippen MR) is 77.3 cm³/mol. The second-order valence-electron chi connectivity index (χ2n) is 3.69. The Hall–Kier alpha value is -0.630. The lowest BCUT2D eigenvalue weighted by molar-refractivity contribution is 0.734. The molecule has 2 rings (SSSR count). The third-order valence-electron chi connectivity index (χ3n) is 2.44. The maximum atomic E-state index is 5.56. The lowest BCUT2D eigenvalue weighted by Gasteiger charge is -2.01. The van der Waals surface area contributed by atoms with E-state index >= 15 is 0 Å². The molecule has 0 saturated carbocycles. The average molecular weight is 306 g/mol. The highest BCUT2D eigenvalue weighted by molar-refractivity contribution is 7.98. The summed E-state index contributed by atoms with van der Waals surface area (Å²) in [4.78, 5) is 5.71. The molecule has 0 aromatic carbocycles.